The molecule has 11 heavy (non-hydrogen) atoms. The van der Waals surface area contributed by atoms with Gasteiger partial charge in [-0.15, -0.1) is 0 Å². The Kier molecular flexibility index (Phi) is 2.51. The Morgan fingerprint density at radius 2 is 2.27 bits per heavy atom. The summed E-state index contributed by atoms with van der Waals surface area (Å²) in [4.78, 5) is 2.68. The molecule has 0 aliphatic heterocycles. The summed E-state index contributed by atoms with van der Waals surface area (Å²) in [5.74, 6) is 0.105. The van der Waals surface area contributed by atoms with Crippen molar-refractivity contribution in [3.8, 4) is 5.88 Å². The maximum atomic E-state index is 8.90. The van der Waals surface area contributed by atoms with Gasteiger partial charge in [-0.05, 0) is 18.6 Å². The van der Waals surface area contributed by atoms with Crippen molar-refractivity contribution in [1.29, 1.82) is 0 Å². The van der Waals surface area contributed by atoms with Gasteiger partial charge in [0.1, 0.15) is 0 Å². The minimum absolute atomic E-state index is 0.0565. The monoisotopic (exact) mass is 156 g/mol. The SMILES string of the molecule is N[C@@H](CCO)c1ccc(O)[nH]1. The minimum Gasteiger partial charge on any atom is -0.495 e. The maximum Gasteiger partial charge on any atom is 0.188 e. The Bertz CT molecular complexity index is 222. The van der Waals surface area contributed by atoms with Crippen molar-refractivity contribution in [3.05, 3.63) is 17.8 Å². The first kappa shape index (κ1) is 8.10. The quantitative estimate of drug-likeness (QED) is 0.501. The molecule has 0 saturated heterocycles. The van der Waals surface area contributed by atoms with Crippen LogP contribution in [0, 0.1) is 0 Å². The molecule has 1 heterocycles. The average Bonchev–Trinajstić information content (AvgIpc) is 2.36. The van der Waals surface area contributed by atoms with Crippen LogP contribution in [0.5, 0.6) is 5.88 Å². The van der Waals surface area contributed by atoms with E-state index in [1.165, 1.54) is 6.07 Å². The van der Waals surface area contributed by atoms with Gasteiger partial charge in [0.25, 0.3) is 0 Å². The minimum atomic E-state index is -0.221. The number of rotatable bonds is 3. The number of hydrogen-bond acceptors (Lipinski definition) is 3. The maximum absolute atomic E-state index is 8.90. The van der Waals surface area contributed by atoms with E-state index in [2.05, 4.69) is 4.98 Å². The molecule has 0 spiro atoms. The van der Waals surface area contributed by atoms with E-state index in [0.29, 0.717) is 6.42 Å². The summed E-state index contributed by atoms with van der Waals surface area (Å²) in [6, 6.07) is 3.02. The van der Waals surface area contributed by atoms with Crippen molar-refractivity contribution in [2.45, 2.75) is 12.5 Å². The van der Waals surface area contributed by atoms with Crippen LogP contribution < -0.4 is 5.73 Å². The van der Waals surface area contributed by atoms with E-state index < -0.39 is 0 Å². The summed E-state index contributed by atoms with van der Waals surface area (Å²) < 4.78 is 0. The third-order valence-electron chi connectivity index (χ3n) is 1.53. The van der Waals surface area contributed by atoms with Gasteiger partial charge in [-0.2, -0.15) is 0 Å². The number of H-pyrrole nitrogens is 1. The van der Waals surface area contributed by atoms with E-state index in [9.17, 15) is 0 Å². The molecule has 4 heteroatoms. The normalized spacial score (nSPS) is 13.3. The number of nitrogens with two attached hydrogens (primary N) is 1. The first-order valence-electron chi connectivity index (χ1n) is 3.48. The van der Waals surface area contributed by atoms with Crippen LogP contribution in [0.15, 0.2) is 12.1 Å². The fraction of sp³-hybridized carbons (Fsp3) is 0.429. The first-order valence-corrected chi connectivity index (χ1v) is 3.48. The van der Waals surface area contributed by atoms with Crippen LogP contribution in [0.2, 0.25) is 0 Å². The van der Waals surface area contributed by atoms with Gasteiger partial charge in [0.05, 0.1) is 0 Å². The van der Waals surface area contributed by atoms with Gasteiger partial charge < -0.3 is 20.9 Å². The van der Waals surface area contributed by atoms with Gasteiger partial charge in [-0.1, -0.05) is 0 Å². The second-order valence-corrected chi connectivity index (χ2v) is 2.42. The Balaban J connectivity index is 2.60. The molecule has 1 rings (SSSR count). The molecule has 0 aliphatic carbocycles. The molecule has 5 N–H and O–H groups in total. The molecule has 62 valence electrons. The molecule has 0 radical (unpaired) electrons. The Morgan fingerprint density at radius 3 is 2.73 bits per heavy atom. The van der Waals surface area contributed by atoms with Crippen molar-refractivity contribution in [2.75, 3.05) is 6.61 Å². The number of aliphatic hydroxyl groups is 1. The molecule has 1 aromatic heterocycles. The average molecular weight is 156 g/mol. The summed E-state index contributed by atoms with van der Waals surface area (Å²) >= 11 is 0. The summed E-state index contributed by atoms with van der Waals surface area (Å²) in [7, 11) is 0. The van der Waals surface area contributed by atoms with Gasteiger partial charge in [0.15, 0.2) is 5.88 Å². The molecule has 0 aliphatic rings. The summed E-state index contributed by atoms with van der Waals surface area (Å²) in [6.07, 6.45) is 0.500. The lowest BCUT2D eigenvalue weighted by Crippen LogP contribution is -2.11. The zero-order valence-electron chi connectivity index (χ0n) is 6.12. The van der Waals surface area contributed by atoms with Crippen LogP contribution in [0.1, 0.15) is 18.2 Å². The van der Waals surface area contributed by atoms with Crippen molar-refractivity contribution < 1.29 is 10.2 Å². The highest BCUT2D eigenvalue weighted by Gasteiger charge is 2.06. The van der Waals surface area contributed by atoms with Crippen LogP contribution in [-0.4, -0.2) is 21.8 Å². The van der Waals surface area contributed by atoms with Crippen LogP contribution in [0.25, 0.3) is 0 Å². The zero-order valence-corrected chi connectivity index (χ0v) is 6.12. The topological polar surface area (TPSA) is 82.3 Å². The number of aliphatic hydroxyl groups excluding tert-OH is 1. The van der Waals surface area contributed by atoms with Crippen molar-refractivity contribution in [3.63, 3.8) is 0 Å². The highest BCUT2D eigenvalue weighted by Crippen LogP contribution is 2.15. The number of aromatic nitrogens is 1. The predicted molar refractivity (Wildman–Crippen MR) is 41.1 cm³/mol. The van der Waals surface area contributed by atoms with Gasteiger partial charge in [-0.3, -0.25) is 0 Å². The lowest BCUT2D eigenvalue weighted by molar-refractivity contribution is 0.275. The molecule has 0 amide bonds. The summed E-state index contributed by atoms with van der Waals surface area (Å²) in [5.41, 5.74) is 6.36. The van der Waals surface area contributed by atoms with Gasteiger partial charge in [0, 0.05) is 18.3 Å². The molecule has 0 saturated carbocycles. The first-order chi connectivity index (χ1) is 5.24. The number of aromatic amines is 1. The molecule has 4 nitrogen and oxygen atoms in total. The van der Waals surface area contributed by atoms with E-state index in [-0.39, 0.29) is 18.5 Å². The van der Waals surface area contributed by atoms with E-state index in [1.54, 1.807) is 6.07 Å². The Hall–Kier alpha value is -1.00. The third kappa shape index (κ3) is 1.96. The molecule has 1 atom stereocenters. The van der Waals surface area contributed by atoms with E-state index in [0.717, 1.165) is 5.69 Å². The summed E-state index contributed by atoms with van der Waals surface area (Å²) in [6.45, 7) is 0.0565. The number of aromatic hydroxyl groups is 1. The van der Waals surface area contributed by atoms with E-state index in [1.807, 2.05) is 0 Å². The molecular weight excluding hydrogens is 144 g/mol. The van der Waals surface area contributed by atoms with Gasteiger partial charge in [0.2, 0.25) is 0 Å². The van der Waals surface area contributed by atoms with Crippen LogP contribution in [-0.2, 0) is 0 Å². The molecule has 0 aromatic carbocycles. The Labute approximate surface area is 64.7 Å². The Morgan fingerprint density at radius 1 is 1.55 bits per heavy atom. The van der Waals surface area contributed by atoms with Crippen molar-refractivity contribution >= 4 is 0 Å². The second kappa shape index (κ2) is 3.41. The van der Waals surface area contributed by atoms with E-state index >= 15 is 0 Å². The third-order valence-corrected chi connectivity index (χ3v) is 1.53. The predicted octanol–water partition coefficient (Wildman–Crippen LogP) is 0.102. The highest BCUT2D eigenvalue weighted by atomic mass is 16.3. The zero-order chi connectivity index (χ0) is 8.27. The molecule has 1 aromatic rings. The van der Waals surface area contributed by atoms with Crippen molar-refractivity contribution in [2.24, 2.45) is 5.73 Å². The smallest absolute Gasteiger partial charge is 0.188 e. The van der Waals surface area contributed by atoms with Crippen LogP contribution in [0.3, 0.4) is 0 Å². The fourth-order valence-electron chi connectivity index (χ4n) is 0.911. The molecular formula is C7H12N2O2. The lowest BCUT2D eigenvalue weighted by Gasteiger charge is -2.05. The second-order valence-electron chi connectivity index (χ2n) is 2.42. The van der Waals surface area contributed by atoms with Gasteiger partial charge >= 0.3 is 0 Å². The van der Waals surface area contributed by atoms with Crippen molar-refractivity contribution in [1.82, 2.24) is 4.98 Å². The standard InChI is InChI=1S/C7H12N2O2/c8-5(3-4-10)6-1-2-7(11)9-6/h1-2,5,9-11H,3-4,8H2/t5-/m0/s1. The summed E-state index contributed by atoms with van der Waals surface area (Å²) in [5, 5.41) is 17.4. The van der Waals surface area contributed by atoms with Crippen LogP contribution >= 0.6 is 0 Å². The number of hydrogen-bond donors (Lipinski definition) is 4. The fourth-order valence-corrected chi connectivity index (χ4v) is 0.911. The van der Waals surface area contributed by atoms with Gasteiger partial charge in [-0.25, -0.2) is 0 Å². The molecule has 0 fully saturated rings. The lowest BCUT2D eigenvalue weighted by atomic mass is 10.2. The molecule has 0 bridgehead atoms. The highest BCUT2D eigenvalue weighted by molar-refractivity contribution is 5.18. The van der Waals surface area contributed by atoms with Crippen LogP contribution in [0.4, 0.5) is 0 Å². The largest absolute Gasteiger partial charge is 0.495 e. The number of nitrogens with one attached hydrogen (secondary N) is 1. The molecule has 0 unspecified atom stereocenters. The van der Waals surface area contributed by atoms with E-state index in [4.69, 9.17) is 15.9 Å².